The van der Waals surface area contributed by atoms with Crippen LogP contribution in [-0.2, 0) is 37.1 Å². The molecule has 7 heteroatoms. The summed E-state index contributed by atoms with van der Waals surface area (Å²) in [6.45, 7) is 3.80. The lowest BCUT2D eigenvalue weighted by atomic mass is 10.1. The van der Waals surface area contributed by atoms with Crippen LogP contribution in [0.3, 0.4) is 0 Å². The first kappa shape index (κ1) is 17.4. The zero-order chi connectivity index (χ0) is 16.0. The van der Waals surface area contributed by atoms with Crippen molar-refractivity contribution in [3.8, 4) is 5.75 Å². The van der Waals surface area contributed by atoms with Crippen LogP contribution in [0.1, 0.15) is 31.9 Å². The summed E-state index contributed by atoms with van der Waals surface area (Å²) in [5.74, 6) is -1.14. The van der Waals surface area contributed by atoms with Gasteiger partial charge in [0.2, 0.25) is 0 Å². The van der Waals surface area contributed by atoms with Gasteiger partial charge < -0.3 is 14.2 Å². The zero-order valence-corrected chi connectivity index (χ0v) is 14.1. The van der Waals surface area contributed by atoms with E-state index in [-0.39, 0.29) is 19.0 Å². The predicted molar refractivity (Wildman–Crippen MR) is 81.4 cm³/mol. The molecule has 0 bridgehead atoms. The van der Waals surface area contributed by atoms with Gasteiger partial charge in [-0.25, -0.2) is 0 Å². The molecule has 21 heavy (non-hydrogen) atoms. The summed E-state index contributed by atoms with van der Waals surface area (Å²) in [7, 11) is 0. The Labute approximate surface area is 135 Å². The molecule has 0 saturated heterocycles. The Hall–Kier alpha value is -1.64. The Morgan fingerprint density at radius 1 is 0.905 bits per heavy atom. The van der Waals surface area contributed by atoms with Crippen molar-refractivity contribution in [3.05, 3.63) is 26.8 Å². The van der Waals surface area contributed by atoms with Gasteiger partial charge in [-0.3, -0.25) is 14.4 Å². The normalized spacial score (nSPS) is 9.90. The molecule has 0 radical (unpaired) electrons. The third-order valence-corrected chi connectivity index (χ3v) is 2.94. The highest BCUT2D eigenvalue weighted by Gasteiger charge is 2.16. The summed E-state index contributed by atoms with van der Waals surface area (Å²) in [6, 6.07) is 3.47. The molecule has 1 rings (SSSR count). The van der Waals surface area contributed by atoms with Gasteiger partial charge in [0, 0.05) is 35.5 Å². The number of carbonyl (C=O) groups excluding carboxylic acids is 3. The van der Waals surface area contributed by atoms with Gasteiger partial charge in [-0.1, -0.05) is 0 Å². The Kier molecular flexibility index (Phi) is 6.60. The van der Waals surface area contributed by atoms with Crippen LogP contribution in [0.15, 0.2) is 12.1 Å². The van der Waals surface area contributed by atoms with Gasteiger partial charge in [-0.15, -0.1) is 0 Å². The number of benzene rings is 1. The van der Waals surface area contributed by atoms with Gasteiger partial charge in [0.15, 0.2) is 0 Å². The molecule has 1 aromatic rings. The molecule has 0 aliphatic heterocycles. The van der Waals surface area contributed by atoms with Crippen molar-refractivity contribution in [1.29, 1.82) is 0 Å². The van der Waals surface area contributed by atoms with Crippen molar-refractivity contribution < 1.29 is 28.6 Å². The van der Waals surface area contributed by atoms with Gasteiger partial charge in [-0.2, -0.15) is 0 Å². The van der Waals surface area contributed by atoms with Crippen LogP contribution in [0, 0.1) is 3.57 Å². The largest absolute Gasteiger partial charge is 0.461 e. The molecule has 0 saturated carbocycles. The smallest absolute Gasteiger partial charge is 0.308 e. The van der Waals surface area contributed by atoms with Crippen LogP contribution in [-0.4, -0.2) is 17.9 Å². The number of hydrogen-bond acceptors (Lipinski definition) is 6. The zero-order valence-electron chi connectivity index (χ0n) is 11.9. The molecular weight excluding hydrogens is 391 g/mol. The summed E-state index contributed by atoms with van der Waals surface area (Å²) in [5.41, 5.74) is 1.07. The monoisotopic (exact) mass is 406 g/mol. The van der Waals surface area contributed by atoms with Crippen LogP contribution >= 0.6 is 22.6 Å². The average Bonchev–Trinajstić information content (AvgIpc) is 2.35. The van der Waals surface area contributed by atoms with Crippen LogP contribution in [0.2, 0.25) is 0 Å². The standard InChI is InChI=1S/C14H15IO6/c1-8(16)19-6-11-4-13(15)5-12(7-20-9(2)17)14(11)21-10(3)18/h4-5H,6-7H2,1-3H3. The predicted octanol–water partition coefficient (Wildman–Crippen LogP) is 2.34. The number of hydrogen-bond donors (Lipinski definition) is 0. The fourth-order valence-corrected chi connectivity index (χ4v) is 2.31. The van der Waals surface area contributed by atoms with Crippen molar-refractivity contribution in [2.45, 2.75) is 34.0 Å². The third-order valence-electron chi connectivity index (χ3n) is 2.32. The summed E-state index contributed by atoms with van der Waals surface area (Å²) in [4.78, 5) is 33.1. The van der Waals surface area contributed by atoms with Gasteiger partial charge in [0.1, 0.15) is 19.0 Å². The maximum atomic E-state index is 11.2. The molecule has 0 fully saturated rings. The first-order chi connectivity index (χ1) is 9.79. The molecule has 6 nitrogen and oxygen atoms in total. The molecular formula is C14H15IO6. The van der Waals surface area contributed by atoms with E-state index in [0.29, 0.717) is 11.1 Å². The molecule has 0 N–H and O–H groups in total. The first-order valence-corrected chi connectivity index (χ1v) is 7.14. The second kappa shape index (κ2) is 7.96. The minimum absolute atomic E-state index is 0.0259. The Bertz CT molecular complexity index is 528. The SMILES string of the molecule is CC(=O)OCc1cc(I)cc(COC(C)=O)c1OC(C)=O. The summed E-state index contributed by atoms with van der Waals surface area (Å²) in [6.07, 6.45) is 0. The van der Waals surface area contributed by atoms with E-state index < -0.39 is 17.9 Å². The quantitative estimate of drug-likeness (QED) is 0.425. The molecule has 114 valence electrons. The lowest BCUT2D eigenvalue weighted by Gasteiger charge is -2.15. The highest BCUT2D eigenvalue weighted by atomic mass is 127. The molecule has 0 spiro atoms. The van der Waals surface area contributed by atoms with E-state index in [2.05, 4.69) is 22.6 Å². The second-order valence-corrected chi connectivity index (χ2v) is 5.45. The van der Waals surface area contributed by atoms with Crippen molar-refractivity contribution >= 4 is 40.5 Å². The number of ether oxygens (including phenoxy) is 3. The summed E-state index contributed by atoms with van der Waals surface area (Å²) >= 11 is 2.07. The van der Waals surface area contributed by atoms with E-state index >= 15 is 0 Å². The molecule has 0 aromatic heterocycles. The Morgan fingerprint density at radius 2 is 1.33 bits per heavy atom. The summed E-state index contributed by atoms with van der Waals surface area (Å²) < 4.78 is 15.9. The molecule has 0 atom stereocenters. The fourth-order valence-electron chi connectivity index (χ4n) is 1.56. The van der Waals surface area contributed by atoms with Crippen molar-refractivity contribution in [3.63, 3.8) is 0 Å². The van der Waals surface area contributed by atoms with Crippen molar-refractivity contribution in [1.82, 2.24) is 0 Å². The highest BCUT2D eigenvalue weighted by molar-refractivity contribution is 14.1. The molecule has 0 unspecified atom stereocenters. The van der Waals surface area contributed by atoms with Crippen molar-refractivity contribution in [2.24, 2.45) is 0 Å². The third kappa shape index (κ3) is 6.11. The van der Waals surface area contributed by atoms with E-state index in [0.717, 1.165) is 3.57 Å². The van der Waals surface area contributed by atoms with Crippen LogP contribution in [0.5, 0.6) is 5.75 Å². The minimum Gasteiger partial charge on any atom is -0.461 e. The maximum absolute atomic E-state index is 11.2. The van der Waals surface area contributed by atoms with Crippen LogP contribution in [0.25, 0.3) is 0 Å². The van der Waals surface area contributed by atoms with E-state index in [1.54, 1.807) is 12.1 Å². The van der Waals surface area contributed by atoms with Gasteiger partial charge in [-0.05, 0) is 34.7 Å². The molecule has 0 aliphatic carbocycles. The molecule has 0 aliphatic rings. The number of esters is 3. The van der Waals surface area contributed by atoms with Crippen LogP contribution in [0.4, 0.5) is 0 Å². The van der Waals surface area contributed by atoms with E-state index in [1.165, 1.54) is 20.8 Å². The van der Waals surface area contributed by atoms with Gasteiger partial charge in [0.25, 0.3) is 0 Å². The Morgan fingerprint density at radius 3 is 1.67 bits per heavy atom. The van der Waals surface area contributed by atoms with E-state index in [4.69, 9.17) is 14.2 Å². The second-order valence-electron chi connectivity index (χ2n) is 4.21. The average molecular weight is 406 g/mol. The lowest BCUT2D eigenvalue weighted by Crippen LogP contribution is -2.10. The van der Waals surface area contributed by atoms with Crippen LogP contribution < -0.4 is 4.74 Å². The number of halogens is 1. The number of carbonyl (C=O) groups is 3. The molecule has 1 aromatic carbocycles. The molecule has 0 amide bonds. The van der Waals surface area contributed by atoms with E-state index in [9.17, 15) is 14.4 Å². The maximum Gasteiger partial charge on any atom is 0.308 e. The highest BCUT2D eigenvalue weighted by Crippen LogP contribution is 2.29. The van der Waals surface area contributed by atoms with Gasteiger partial charge >= 0.3 is 17.9 Å². The topological polar surface area (TPSA) is 78.9 Å². The Balaban J connectivity index is 3.15. The lowest BCUT2D eigenvalue weighted by molar-refractivity contribution is -0.142. The van der Waals surface area contributed by atoms with E-state index in [1.807, 2.05) is 0 Å². The van der Waals surface area contributed by atoms with Crippen molar-refractivity contribution in [2.75, 3.05) is 0 Å². The molecule has 0 heterocycles. The summed E-state index contributed by atoms with van der Waals surface area (Å²) in [5, 5.41) is 0. The minimum atomic E-state index is -0.510. The van der Waals surface area contributed by atoms with Gasteiger partial charge in [0.05, 0.1) is 0 Å². The number of rotatable bonds is 5. The fraction of sp³-hybridized carbons (Fsp3) is 0.357. The first-order valence-electron chi connectivity index (χ1n) is 6.06.